The van der Waals surface area contributed by atoms with Crippen LogP contribution in [0.1, 0.15) is 28.8 Å². The Morgan fingerprint density at radius 1 is 1.33 bits per heavy atom. The molecular weight excluding hydrogens is 212 g/mol. The van der Waals surface area contributed by atoms with Crippen molar-refractivity contribution < 1.29 is 14.7 Å². The van der Waals surface area contributed by atoms with Crippen LogP contribution >= 0.6 is 12.6 Å². The average Bonchev–Trinajstić information content (AvgIpc) is 2.18. The van der Waals surface area contributed by atoms with Crippen LogP contribution in [0.25, 0.3) is 0 Å². The number of aliphatic carboxylic acids is 1. The van der Waals surface area contributed by atoms with E-state index in [0.717, 1.165) is 5.56 Å². The maximum absolute atomic E-state index is 11.6. The van der Waals surface area contributed by atoms with Crippen molar-refractivity contribution in [3.63, 3.8) is 0 Å². The second-order valence-corrected chi connectivity index (χ2v) is 3.83. The third kappa shape index (κ3) is 3.40. The summed E-state index contributed by atoms with van der Waals surface area (Å²) in [4.78, 5) is 22.7. The second kappa shape index (κ2) is 4.98. The first kappa shape index (κ1) is 11.8. The highest BCUT2D eigenvalue weighted by Crippen LogP contribution is 2.16. The number of hydrogen-bond acceptors (Lipinski definition) is 3. The van der Waals surface area contributed by atoms with Gasteiger partial charge in [-0.25, -0.2) is 0 Å². The molecule has 0 radical (unpaired) electrons. The van der Waals surface area contributed by atoms with Gasteiger partial charge in [-0.05, 0) is 24.6 Å². The fraction of sp³-hybridized carbons (Fsp3) is 0.273. The normalized spacial score (nSPS) is 10.0. The van der Waals surface area contributed by atoms with Crippen molar-refractivity contribution in [2.75, 3.05) is 0 Å². The summed E-state index contributed by atoms with van der Waals surface area (Å²) in [5.41, 5.74) is 1.41. The molecule has 0 spiro atoms. The van der Waals surface area contributed by atoms with Gasteiger partial charge in [0.2, 0.25) is 0 Å². The number of aryl methyl sites for hydroxylation is 1. The van der Waals surface area contributed by atoms with Crippen molar-refractivity contribution >= 4 is 24.4 Å². The molecule has 0 aliphatic carbocycles. The van der Waals surface area contributed by atoms with E-state index in [4.69, 9.17) is 5.11 Å². The van der Waals surface area contributed by atoms with E-state index in [1.165, 1.54) is 0 Å². The quantitative estimate of drug-likeness (QED) is 0.609. The van der Waals surface area contributed by atoms with Crippen molar-refractivity contribution in [3.05, 3.63) is 29.3 Å². The van der Waals surface area contributed by atoms with Crippen molar-refractivity contribution in [2.24, 2.45) is 0 Å². The largest absolute Gasteiger partial charge is 0.481 e. The lowest BCUT2D eigenvalue weighted by Crippen LogP contribution is -2.05. The van der Waals surface area contributed by atoms with E-state index >= 15 is 0 Å². The Labute approximate surface area is 93.5 Å². The van der Waals surface area contributed by atoms with Crippen LogP contribution in [0.2, 0.25) is 0 Å². The van der Waals surface area contributed by atoms with Crippen LogP contribution in [0.3, 0.4) is 0 Å². The number of rotatable bonds is 4. The van der Waals surface area contributed by atoms with Crippen molar-refractivity contribution in [3.8, 4) is 0 Å². The van der Waals surface area contributed by atoms with Gasteiger partial charge in [-0.1, -0.05) is 6.07 Å². The van der Waals surface area contributed by atoms with Gasteiger partial charge in [-0.2, -0.15) is 0 Å². The van der Waals surface area contributed by atoms with Gasteiger partial charge in [0.05, 0.1) is 6.42 Å². The molecule has 0 aliphatic rings. The van der Waals surface area contributed by atoms with Gasteiger partial charge in [-0.15, -0.1) is 12.6 Å². The minimum Gasteiger partial charge on any atom is -0.481 e. The smallest absolute Gasteiger partial charge is 0.303 e. The highest BCUT2D eigenvalue weighted by atomic mass is 32.1. The first-order chi connectivity index (χ1) is 7.00. The molecule has 15 heavy (non-hydrogen) atoms. The third-order valence-corrected chi connectivity index (χ3v) is 2.37. The molecule has 0 saturated carbocycles. The lowest BCUT2D eigenvalue weighted by atomic mass is 10.0. The Hall–Kier alpha value is -1.29. The molecule has 0 heterocycles. The summed E-state index contributed by atoms with van der Waals surface area (Å²) < 4.78 is 0. The zero-order chi connectivity index (χ0) is 11.4. The standard InChI is InChI=1S/C11H12O3S/c1-7-2-3-8(15)6-9(7)10(12)4-5-11(13)14/h2-3,6,15H,4-5H2,1H3,(H,13,14). The van der Waals surface area contributed by atoms with Gasteiger partial charge in [0, 0.05) is 16.9 Å². The van der Waals surface area contributed by atoms with Crippen molar-refractivity contribution in [2.45, 2.75) is 24.7 Å². The molecule has 0 fully saturated rings. The second-order valence-electron chi connectivity index (χ2n) is 3.32. The zero-order valence-electron chi connectivity index (χ0n) is 8.36. The van der Waals surface area contributed by atoms with E-state index in [9.17, 15) is 9.59 Å². The van der Waals surface area contributed by atoms with E-state index in [2.05, 4.69) is 12.6 Å². The summed E-state index contributed by atoms with van der Waals surface area (Å²) in [6.07, 6.45) is -0.0948. The van der Waals surface area contributed by atoms with Crippen molar-refractivity contribution in [1.29, 1.82) is 0 Å². The van der Waals surface area contributed by atoms with Gasteiger partial charge in [0.15, 0.2) is 5.78 Å². The maximum atomic E-state index is 11.6. The molecule has 0 amide bonds. The number of benzene rings is 1. The summed E-state index contributed by atoms with van der Waals surface area (Å²) >= 11 is 4.14. The van der Waals surface area contributed by atoms with Crippen LogP contribution in [-0.4, -0.2) is 16.9 Å². The molecule has 80 valence electrons. The van der Waals surface area contributed by atoms with Gasteiger partial charge in [0.1, 0.15) is 0 Å². The summed E-state index contributed by atoms with van der Waals surface area (Å²) in [6.45, 7) is 1.82. The fourth-order valence-corrected chi connectivity index (χ4v) is 1.47. The molecule has 3 nitrogen and oxygen atoms in total. The lowest BCUT2D eigenvalue weighted by molar-refractivity contribution is -0.136. The predicted octanol–water partition coefficient (Wildman–Crippen LogP) is 2.33. The highest BCUT2D eigenvalue weighted by Gasteiger charge is 2.10. The number of hydrogen-bond donors (Lipinski definition) is 2. The lowest BCUT2D eigenvalue weighted by Gasteiger charge is -2.04. The molecular formula is C11H12O3S. The van der Waals surface area contributed by atoms with E-state index in [-0.39, 0.29) is 18.6 Å². The molecule has 1 aromatic rings. The van der Waals surface area contributed by atoms with Gasteiger partial charge in [-0.3, -0.25) is 9.59 Å². The van der Waals surface area contributed by atoms with E-state index in [0.29, 0.717) is 10.5 Å². The minimum absolute atomic E-state index is 0.0351. The number of carbonyl (C=O) groups is 2. The third-order valence-electron chi connectivity index (χ3n) is 2.09. The maximum Gasteiger partial charge on any atom is 0.303 e. The molecule has 0 aromatic heterocycles. The highest BCUT2D eigenvalue weighted by molar-refractivity contribution is 7.80. The Balaban J connectivity index is 2.81. The molecule has 1 aromatic carbocycles. The SMILES string of the molecule is Cc1ccc(S)cc1C(=O)CCC(=O)O. The summed E-state index contributed by atoms with van der Waals surface area (Å²) in [6, 6.07) is 5.27. The van der Waals surface area contributed by atoms with E-state index in [1.807, 2.05) is 6.92 Å². The minimum atomic E-state index is -0.956. The first-order valence-electron chi connectivity index (χ1n) is 4.55. The number of Topliss-reactive ketones (excluding diaryl/α,β-unsaturated/α-hetero) is 1. The molecule has 0 unspecified atom stereocenters. The number of carboxylic acid groups (broad SMARTS) is 1. The van der Waals surface area contributed by atoms with Crippen molar-refractivity contribution in [1.82, 2.24) is 0 Å². The predicted molar refractivity (Wildman–Crippen MR) is 59.6 cm³/mol. The number of ketones is 1. The molecule has 0 atom stereocenters. The average molecular weight is 224 g/mol. The number of carboxylic acids is 1. The van der Waals surface area contributed by atoms with Gasteiger partial charge in [0.25, 0.3) is 0 Å². The first-order valence-corrected chi connectivity index (χ1v) is 5.00. The molecule has 1 N–H and O–H groups in total. The van der Waals surface area contributed by atoms with Crippen LogP contribution in [0.5, 0.6) is 0 Å². The molecule has 0 bridgehead atoms. The van der Waals surface area contributed by atoms with E-state index < -0.39 is 5.97 Å². The fourth-order valence-electron chi connectivity index (χ4n) is 1.27. The summed E-state index contributed by atoms with van der Waals surface area (Å²) in [7, 11) is 0. The molecule has 4 heteroatoms. The Bertz CT molecular complexity index is 399. The molecule has 1 rings (SSSR count). The molecule has 0 aliphatic heterocycles. The molecule has 0 saturated heterocycles. The monoisotopic (exact) mass is 224 g/mol. The van der Waals surface area contributed by atoms with E-state index in [1.54, 1.807) is 18.2 Å². The Kier molecular flexibility index (Phi) is 3.91. The van der Waals surface area contributed by atoms with Crippen LogP contribution in [0, 0.1) is 6.92 Å². The summed E-state index contributed by atoms with van der Waals surface area (Å²) in [5, 5.41) is 8.47. The van der Waals surface area contributed by atoms with Crippen LogP contribution in [-0.2, 0) is 4.79 Å². The number of carbonyl (C=O) groups excluding carboxylic acids is 1. The van der Waals surface area contributed by atoms with Crippen LogP contribution in [0.15, 0.2) is 23.1 Å². The van der Waals surface area contributed by atoms with Gasteiger partial charge >= 0.3 is 5.97 Å². The van der Waals surface area contributed by atoms with Gasteiger partial charge < -0.3 is 5.11 Å². The number of thiol groups is 1. The van der Waals surface area contributed by atoms with Crippen LogP contribution in [0.4, 0.5) is 0 Å². The Morgan fingerprint density at radius 2 is 2.00 bits per heavy atom. The van der Waals surface area contributed by atoms with Crippen LogP contribution < -0.4 is 0 Å². The Morgan fingerprint density at radius 3 is 2.60 bits per heavy atom. The summed E-state index contributed by atoms with van der Waals surface area (Å²) in [5.74, 6) is -1.10. The zero-order valence-corrected chi connectivity index (χ0v) is 9.25. The topological polar surface area (TPSA) is 54.4 Å².